The molecule has 4 aliphatic carbocycles. The van der Waals surface area contributed by atoms with Crippen molar-refractivity contribution >= 4 is 10.4 Å². The highest BCUT2D eigenvalue weighted by Gasteiger charge is 2.64. The molecule has 6 nitrogen and oxygen atoms in total. The second kappa shape index (κ2) is 8.78. The summed E-state index contributed by atoms with van der Waals surface area (Å²) in [6.07, 6.45) is 8.26. The molecule has 0 amide bonds. The molecule has 0 radical (unpaired) electrons. The van der Waals surface area contributed by atoms with Gasteiger partial charge >= 0.3 is 0 Å². The molecule has 0 spiro atoms. The molecule has 0 aromatic rings. The molecular weight excluding hydrogens is 428 g/mol. The van der Waals surface area contributed by atoms with Crippen molar-refractivity contribution < 1.29 is 27.4 Å². The third-order valence-electron chi connectivity index (χ3n) is 11.0. The first-order chi connectivity index (χ1) is 14.9. The molecule has 0 saturated heterocycles. The van der Waals surface area contributed by atoms with Crippen LogP contribution in [0.4, 0.5) is 0 Å². The lowest BCUT2D eigenvalue weighted by Crippen LogP contribution is -2.62. The van der Waals surface area contributed by atoms with Gasteiger partial charge in [0.1, 0.15) is 0 Å². The Morgan fingerprint density at radius 1 is 1.03 bits per heavy atom. The number of rotatable bonds is 6. The predicted molar refractivity (Wildman–Crippen MR) is 121 cm³/mol. The first-order valence-electron chi connectivity index (χ1n) is 12.9. The number of aliphatic hydroxyl groups is 2. The summed E-state index contributed by atoms with van der Waals surface area (Å²) in [5.74, 6) is 2.69. The van der Waals surface area contributed by atoms with Crippen LogP contribution in [0, 0.1) is 52.3 Å². The normalized spacial score (nSPS) is 49.7. The quantitative estimate of drug-likeness (QED) is 0.446. The Labute approximate surface area is 194 Å². The molecular formula is C25H43O6S-. The summed E-state index contributed by atoms with van der Waals surface area (Å²) >= 11 is 0. The Bertz CT molecular complexity index is 785. The Balaban J connectivity index is 1.56. The van der Waals surface area contributed by atoms with Gasteiger partial charge in [0.05, 0.1) is 18.8 Å². The van der Waals surface area contributed by atoms with Gasteiger partial charge in [-0.05, 0) is 104 Å². The van der Waals surface area contributed by atoms with Crippen molar-refractivity contribution in [2.75, 3.05) is 6.61 Å². The third kappa shape index (κ3) is 4.08. The van der Waals surface area contributed by atoms with Crippen molar-refractivity contribution in [3.05, 3.63) is 0 Å². The van der Waals surface area contributed by atoms with E-state index in [0.29, 0.717) is 36.0 Å². The van der Waals surface area contributed by atoms with Crippen LogP contribution in [0.5, 0.6) is 0 Å². The van der Waals surface area contributed by atoms with Crippen LogP contribution in [0.2, 0.25) is 0 Å². The van der Waals surface area contributed by atoms with E-state index in [0.717, 1.165) is 51.4 Å². The van der Waals surface area contributed by atoms with Gasteiger partial charge in [0.25, 0.3) is 0 Å². The molecule has 4 aliphatic rings. The highest BCUT2D eigenvalue weighted by atomic mass is 32.3. The van der Waals surface area contributed by atoms with Crippen LogP contribution in [-0.2, 0) is 14.6 Å². The first-order valence-corrected chi connectivity index (χ1v) is 14.2. The van der Waals surface area contributed by atoms with Gasteiger partial charge in [-0.3, -0.25) is 4.18 Å². The van der Waals surface area contributed by atoms with Crippen molar-refractivity contribution in [2.24, 2.45) is 52.3 Å². The van der Waals surface area contributed by atoms with Gasteiger partial charge in [0.15, 0.2) is 0 Å². The van der Waals surface area contributed by atoms with Crippen LogP contribution in [0.25, 0.3) is 0 Å². The fraction of sp³-hybridized carbons (Fsp3) is 1.00. The van der Waals surface area contributed by atoms with Gasteiger partial charge in [-0.15, -0.1) is 0 Å². The van der Waals surface area contributed by atoms with Crippen LogP contribution in [0.3, 0.4) is 0 Å². The number of fused-ring (bicyclic) bond motifs is 5. The highest BCUT2D eigenvalue weighted by molar-refractivity contribution is 7.80. The largest absolute Gasteiger partial charge is 0.726 e. The molecule has 32 heavy (non-hydrogen) atoms. The van der Waals surface area contributed by atoms with E-state index in [1.807, 2.05) is 0 Å². The summed E-state index contributed by atoms with van der Waals surface area (Å²) in [5.41, 5.74) is 0.332. The molecule has 6 unspecified atom stereocenters. The summed E-state index contributed by atoms with van der Waals surface area (Å²) in [4.78, 5) is 0. The van der Waals surface area contributed by atoms with Gasteiger partial charge in [0.2, 0.25) is 10.4 Å². The molecule has 4 saturated carbocycles. The van der Waals surface area contributed by atoms with E-state index in [2.05, 4.69) is 31.9 Å². The van der Waals surface area contributed by atoms with E-state index in [1.165, 1.54) is 0 Å². The lowest BCUT2D eigenvalue weighted by molar-refractivity contribution is -0.203. The molecule has 0 aromatic carbocycles. The molecule has 2 N–H and O–H groups in total. The summed E-state index contributed by atoms with van der Waals surface area (Å²) in [6, 6.07) is 0. The van der Waals surface area contributed by atoms with Crippen molar-refractivity contribution in [2.45, 2.75) is 97.7 Å². The Kier molecular flexibility index (Phi) is 6.83. The van der Waals surface area contributed by atoms with Crippen LogP contribution >= 0.6 is 0 Å². The molecule has 4 fully saturated rings. The van der Waals surface area contributed by atoms with Crippen LogP contribution in [0.15, 0.2) is 0 Å². The van der Waals surface area contributed by atoms with Gasteiger partial charge in [-0.2, -0.15) is 0 Å². The zero-order chi connectivity index (χ0) is 23.5. The van der Waals surface area contributed by atoms with E-state index < -0.39 is 10.4 Å². The van der Waals surface area contributed by atoms with E-state index in [4.69, 9.17) is 0 Å². The molecule has 0 bridgehead atoms. The Morgan fingerprint density at radius 2 is 1.69 bits per heavy atom. The highest BCUT2D eigenvalue weighted by Crippen LogP contribution is 2.69. The summed E-state index contributed by atoms with van der Waals surface area (Å²) < 4.78 is 37.0. The predicted octanol–water partition coefficient (Wildman–Crippen LogP) is 4.12. The number of hydrogen-bond acceptors (Lipinski definition) is 6. The lowest BCUT2D eigenvalue weighted by atomic mass is 9.41. The van der Waals surface area contributed by atoms with E-state index >= 15 is 0 Å². The summed E-state index contributed by atoms with van der Waals surface area (Å²) in [6.45, 7) is 9.17. The molecule has 4 rings (SSSR count). The molecule has 0 aliphatic heterocycles. The minimum atomic E-state index is -4.64. The Morgan fingerprint density at radius 3 is 2.34 bits per heavy atom. The third-order valence-corrected chi connectivity index (χ3v) is 11.4. The van der Waals surface area contributed by atoms with Gasteiger partial charge in [-0.25, -0.2) is 8.42 Å². The summed E-state index contributed by atoms with van der Waals surface area (Å²) in [5, 5.41) is 22.1. The minimum Gasteiger partial charge on any atom is -0.726 e. The van der Waals surface area contributed by atoms with Crippen LogP contribution in [0.1, 0.15) is 85.5 Å². The average Bonchev–Trinajstić information content (AvgIpc) is 3.06. The van der Waals surface area contributed by atoms with Crippen LogP contribution < -0.4 is 0 Å². The second-order valence-corrected chi connectivity index (χ2v) is 13.2. The van der Waals surface area contributed by atoms with Crippen molar-refractivity contribution in [1.82, 2.24) is 0 Å². The van der Waals surface area contributed by atoms with Crippen molar-refractivity contribution in [1.29, 1.82) is 0 Å². The zero-order valence-electron chi connectivity index (χ0n) is 20.2. The van der Waals surface area contributed by atoms with Crippen LogP contribution in [-0.4, -0.2) is 42.0 Å². The molecule has 11 atom stereocenters. The average molecular weight is 472 g/mol. The van der Waals surface area contributed by atoms with Gasteiger partial charge in [0, 0.05) is 0 Å². The monoisotopic (exact) mass is 471 g/mol. The smallest absolute Gasteiger partial charge is 0.217 e. The van der Waals surface area contributed by atoms with Gasteiger partial charge in [-0.1, -0.05) is 34.1 Å². The van der Waals surface area contributed by atoms with E-state index in [9.17, 15) is 23.2 Å². The fourth-order valence-electron chi connectivity index (χ4n) is 9.47. The number of aliphatic hydroxyl groups excluding tert-OH is 2. The second-order valence-electron chi connectivity index (χ2n) is 12.1. The van der Waals surface area contributed by atoms with Crippen molar-refractivity contribution in [3.8, 4) is 0 Å². The van der Waals surface area contributed by atoms with Gasteiger partial charge < -0.3 is 14.8 Å². The lowest BCUT2D eigenvalue weighted by Gasteiger charge is -2.64. The maximum atomic E-state index is 11.7. The van der Waals surface area contributed by atoms with E-state index in [1.54, 1.807) is 0 Å². The molecule has 0 heterocycles. The maximum Gasteiger partial charge on any atom is 0.217 e. The summed E-state index contributed by atoms with van der Waals surface area (Å²) in [7, 11) is -4.64. The minimum absolute atomic E-state index is 0.0427. The number of hydrogen-bond donors (Lipinski definition) is 2. The fourth-order valence-corrected chi connectivity index (χ4v) is 9.77. The zero-order valence-corrected chi connectivity index (χ0v) is 21.0. The molecule has 7 heteroatoms. The van der Waals surface area contributed by atoms with E-state index in [-0.39, 0.29) is 41.5 Å². The maximum absolute atomic E-state index is 11.7. The molecule has 186 valence electrons. The standard InChI is InChI=1S/C25H44O6S/c1-5-17-21-14-16(26)8-11-25(21,4)20-9-12-24(3)18(6-7-19(24)22(20)23(17)27)15(2)10-13-31-32(28,29)30/h15-23,26-27H,5-14H2,1-4H3,(H,28,29,30)/p-1/t15?,16-,17-,18?,19?,20?,21?,22?,23-,24-,25-/m1/s1. The SMILES string of the molecule is CC[C@@H]1C2C[C@H](O)CC[C@]2(C)C2CC[C@]3(C)C(C(C)CCOS(=O)(=O)[O-])CCC3C2[C@@H]1O. The topological polar surface area (TPSA) is 107 Å². The molecule has 0 aromatic heterocycles. The van der Waals surface area contributed by atoms with Crippen molar-refractivity contribution in [3.63, 3.8) is 0 Å². The first kappa shape index (κ1) is 24.9. The Hall–Kier alpha value is -0.210.